The van der Waals surface area contributed by atoms with Gasteiger partial charge < -0.3 is 19.4 Å². The number of aromatic nitrogens is 4. The summed E-state index contributed by atoms with van der Waals surface area (Å²) in [6.07, 6.45) is 3.69. The number of fused-ring (bicyclic) bond motifs is 3. The second-order valence-electron chi connectivity index (χ2n) is 8.89. The number of pyridine rings is 2. The van der Waals surface area contributed by atoms with Crippen molar-refractivity contribution in [2.45, 2.75) is 18.8 Å². The lowest BCUT2D eigenvalue weighted by atomic mass is 9.99. The van der Waals surface area contributed by atoms with E-state index in [1.807, 2.05) is 30.5 Å². The molecular weight excluding hydrogens is 418 g/mol. The number of nitrogens with one attached hydrogen (secondary N) is 1. The molecule has 1 aliphatic heterocycles. The van der Waals surface area contributed by atoms with Gasteiger partial charge in [0.05, 0.1) is 35.5 Å². The quantitative estimate of drug-likeness (QED) is 0.438. The van der Waals surface area contributed by atoms with Gasteiger partial charge in [0.2, 0.25) is 5.88 Å². The molecule has 1 aromatic carbocycles. The Hall–Kier alpha value is -3.23. The third-order valence-corrected chi connectivity index (χ3v) is 6.24. The summed E-state index contributed by atoms with van der Waals surface area (Å²) >= 11 is 0. The van der Waals surface area contributed by atoms with E-state index in [2.05, 4.69) is 35.0 Å². The van der Waals surface area contributed by atoms with Crippen LogP contribution in [0.2, 0.25) is 0 Å². The first-order valence-electron chi connectivity index (χ1n) is 11.4. The highest BCUT2D eigenvalue weighted by molar-refractivity contribution is 6.04. The van der Waals surface area contributed by atoms with Crippen molar-refractivity contribution in [3.05, 3.63) is 52.7 Å². The van der Waals surface area contributed by atoms with Gasteiger partial charge >= 0.3 is 5.69 Å². The van der Waals surface area contributed by atoms with E-state index < -0.39 is 0 Å². The summed E-state index contributed by atoms with van der Waals surface area (Å²) in [4.78, 5) is 27.1. The molecule has 1 aliphatic rings. The van der Waals surface area contributed by atoms with Crippen LogP contribution in [-0.4, -0.2) is 64.9 Å². The van der Waals surface area contributed by atoms with Gasteiger partial charge in [-0.1, -0.05) is 6.07 Å². The third-order valence-electron chi connectivity index (χ3n) is 6.24. The van der Waals surface area contributed by atoms with Crippen LogP contribution < -0.4 is 10.4 Å². The van der Waals surface area contributed by atoms with E-state index in [0.29, 0.717) is 19.1 Å². The van der Waals surface area contributed by atoms with E-state index >= 15 is 0 Å². The van der Waals surface area contributed by atoms with Crippen molar-refractivity contribution in [3.63, 3.8) is 0 Å². The maximum absolute atomic E-state index is 12.5. The maximum Gasteiger partial charge on any atom is 0.326 e. The number of ether oxygens (including phenoxy) is 2. The Kier molecular flexibility index (Phi) is 5.86. The molecule has 3 aromatic heterocycles. The van der Waals surface area contributed by atoms with Crippen molar-refractivity contribution in [3.8, 4) is 17.0 Å². The Morgan fingerprint density at radius 1 is 1.24 bits per heavy atom. The second kappa shape index (κ2) is 8.96. The van der Waals surface area contributed by atoms with E-state index in [9.17, 15) is 4.79 Å². The summed E-state index contributed by atoms with van der Waals surface area (Å²) in [5.74, 6) is 0.825. The number of imidazole rings is 1. The van der Waals surface area contributed by atoms with Crippen LogP contribution in [0, 0.1) is 0 Å². The molecule has 5 rings (SSSR count). The molecule has 4 aromatic rings. The van der Waals surface area contributed by atoms with Crippen molar-refractivity contribution in [2.24, 2.45) is 7.05 Å². The minimum Gasteiger partial charge on any atom is -0.478 e. The average Bonchev–Trinajstić information content (AvgIpc) is 3.45. The fourth-order valence-corrected chi connectivity index (χ4v) is 4.44. The molecule has 0 bridgehead atoms. The fraction of sp³-hybridized carbons (Fsp3) is 0.400. The van der Waals surface area contributed by atoms with Gasteiger partial charge in [-0.2, -0.15) is 0 Å². The van der Waals surface area contributed by atoms with Gasteiger partial charge in [0.15, 0.2) is 0 Å². The number of hydrogen-bond acceptors (Lipinski definition) is 6. The summed E-state index contributed by atoms with van der Waals surface area (Å²) in [6.45, 7) is 2.99. The van der Waals surface area contributed by atoms with Gasteiger partial charge in [0.25, 0.3) is 0 Å². The summed E-state index contributed by atoms with van der Waals surface area (Å²) < 4.78 is 13.0. The number of nitrogens with zero attached hydrogens (tertiary/aromatic N) is 4. The van der Waals surface area contributed by atoms with Crippen molar-refractivity contribution in [1.29, 1.82) is 0 Å². The monoisotopic (exact) mass is 447 g/mol. The van der Waals surface area contributed by atoms with Crippen LogP contribution in [0.15, 0.2) is 41.3 Å². The average molecular weight is 448 g/mol. The van der Waals surface area contributed by atoms with Gasteiger partial charge in [-0.05, 0) is 50.7 Å². The van der Waals surface area contributed by atoms with Crippen LogP contribution in [0.5, 0.6) is 5.88 Å². The van der Waals surface area contributed by atoms with Crippen molar-refractivity contribution in [2.75, 3.05) is 40.5 Å². The van der Waals surface area contributed by atoms with Gasteiger partial charge in [-0.3, -0.25) is 9.55 Å². The molecule has 4 heterocycles. The molecule has 0 amide bonds. The van der Waals surface area contributed by atoms with Gasteiger partial charge in [0, 0.05) is 49.3 Å². The molecule has 8 nitrogen and oxygen atoms in total. The minimum atomic E-state index is -0.137. The van der Waals surface area contributed by atoms with Crippen LogP contribution in [-0.2, 0) is 11.8 Å². The predicted molar refractivity (Wildman–Crippen MR) is 129 cm³/mol. The first kappa shape index (κ1) is 21.6. The first-order chi connectivity index (χ1) is 16.0. The Morgan fingerprint density at radius 3 is 2.82 bits per heavy atom. The topological polar surface area (TPSA) is 85.3 Å². The molecule has 0 unspecified atom stereocenters. The standard InChI is InChI=1S/C25H29N5O3/c1-29(2)10-4-11-33-21-8-6-17(14-26-21)16-5-7-20-19(13-16)23-24(30(3)25(31)28-23)22(27-20)18-9-12-32-15-18/h5-8,13-14,18H,4,9-12,15H2,1-3H3,(H,28,31)/t18-/m1/s1. The Balaban J connectivity index is 1.48. The lowest BCUT2D eigenvalue weighted by Crippen LogP contribution is -2.15. The molecule has 0 aliphatic carbocycles. The molecule has 1 N–H and O–H groups in total. The summed E-state index contributed by atoms with van der Waals surface area (Å²) in [5, 5.41) is 0.923. The van der Waals surface area contributed by atoms with Crippen LogP contribution in [0.1, 0.15) is 24.5 Å². The van der Waals surface area contributed by atoms with Crippen LogP contribution in [0.3, 0.4) is 0 Å². The number of benzene rings is 1. The molecule has 1 fully saturated rings. The molecule has 172 valence electrons. The van der Waals surface area contributed by atoms with Gasteiger partial charge in [0.1, 0.15) is 0 Å². The van der Waals surface area contributed by atoms with Gasteiger partial charge in [-0.25, -0.2) is 9.78 Å². The lowest BCUT2D eigenvalue weighted by molar-refractivity contribution is 0.193. The number of aryl methyl sites for hydroxylation is 1. The highest BCUT2D eigenvalue weighted by atomic mass is 16.5. The molecular formula is C25H29N5O3. The molecule has 1 saturated heterocycles. The zero-order valence-electron chi connectivity index (χ0n) is 19.3. The fourth-order valence-electron chi connectivity index (χ4n) is 4.44. The molecule has 0 saturated carbocycles. The van der Waals surface area contributed by atoms with Crippen LogP contribution >= 0.6 is 0 Å². The van der Waals surface area contributed by atoms with E-state index in [1.54, 1.807) is 11.6 Å². The Bertz CT molecular complexity index is 1330. The highest BCUT2D eigenvalue weighted by Gasteiger charge is 2.25. The van der Waals surface area contributed by atoms with E-state index in [-0.39, 0.29) is 11.6 Å². The molecule has 1 atom stereocenters. The zero-order valence-corrected chi connectivity index (χ0v) is 19.3. The van der Waals surface area contributed by atoms with Crippen molar-refractivity contribution < 1.29 is 9.47 Å². The second-order valence-corrected chi connectivity index (χ2v) is 8.89. The smallest absolute Gasteiger partial charge is 0.326 e. The number of H-pyrrole nitrogens is 1. The lowest BCUT2D eigenvalue weighted by Gasteiger charge is -2.13. The Morgan fingerprint density at radius 2 is 2.09 bits per heavy atom. The maximum atomic E-state index is 12.5. The summed E-state index contributed by atoms with van der Waals surface area (Å²) in [6, 6.07) is 10.0. The van der Waals surface area contributed by atoms with Crippen LogP contribution in [0.4, 0.5) is 0 Å². The third kappa shape index (κ3) is 4.24. The SMILES string of the molecule is CN(C)CCCOc1ccc(-c2ccc3nc([C@@H]4CCOC4)c4c([nH]c(=O)n4C)c3c2)cn1. The largest absolute Gasteiger partial charge is 0.478 e. The van der Waals surface area contributed by atoms with Gasteiger partial charge in [-0.15, -0.1) is 0 Å². The number of aromatic amines is 1. The number of hydrogen-bond donors (Lipinski definition) is 1. The molecule has 33 heavy (non-hydrogen) atoms. The zero-order chi connectivity index (χ0) is 22.9. The van der Waals surface area contributed by atoms with E-state index in [0.717, 1.165) is 64.8 Å². The summed E-state index contributed by atoms with van der Waals surface area (Å²) in [5.41, 5.74) is 5.34. The van der Waals surface area contributed by atoms with Crippen molar-refractivity contribution in [1.82, 2.24) is 24.4 Å². The van der Waals surface area contributed by atoms with E-state index in [1.165, 1.54) is 0 Å². The minimum absolute atomic E-state index is 0.137. The predicted octanol–water partition coefficient (Wildman–Crippen LogP) is 3.31. The normalized spacial score (nSPS) is 16.3. The Labute approximate surface area is 192 Å². The van der Waals surface area contributed by atoms with Crippen LogP contribution in [0.25, 0.3) is 33.1 Å². The molecule has 0 spiro atoms. The van der Waals surface area contributed by atoms with Crippen molar-refractivity contribution >= 4 is 21.9 Å². The molecule has 8 heteroatoms. The highest BCUT2D eigenvalue weighted by Crippen LogP contribution is 2.34. The number of rotatable bonds is 7. The first-order valence-corrected chi connectivity index (χ1v) is 11.4. The van der Waals surface area contributed by atoms with E-state index in [4.69, 9.17) is 14.5 Å². The summed E-state index contributed by atoms with van der Waals surface area (Å²) in [7, 11) is 5.89. The molecule has 0 radical (unpaired) electrons.